The van der Waals surface area contributed by atoms with Crippen molar-refractivity contribution in [1.82, 2.24) is 9.97 Å². The molecule has 4 nitrogen and oxygen atoms in total. The highest BCUT2D eigenvalue weighted by Crippen LogP contribution is 2.31. The van der Waals surface area contributed by atoms with Crippen molar-refractivity contribution in [2.45, 2.75) is 39.7 Å². The van der Waals surface area contributed by atoms with E-state index in [0.29, 0.717) is 30.2 Å². The normalized spacial score (nSPS) is 14.5. The van der Waals surface area contributed by atoms with Gasteiger partial charge in [0.2, 0.25) is 5.88 Å². The maximum absolute atomic E-state index is 14.5. The summed E-state index contributed by atoms with van der Waals surface area (Å²) in [4.78, 5) is 10.3. The fraction of sp³-hybridized carbons (Fsp3) is 0.444. The molecule has 0 bridgehead atoms. The van der Waals surface area contributed by atoms with Crippen LogP contribution in [0.4, 0.5) is 14.5 Å². The van der Waals surface area contributed by atoms with Gasteiger partial charge in [-0.2, -0.15) is 4.98 Å². The first-order chi connectivity index (χ1) is 11.4. The smallest absolute Gasteiger partial charge is 0.217 e. The Morgan fingerprint density at radius 2 is 1.67 bits per heavy atom. The van der Waals surface area contributed by atoms with Crippen LogP contribution in [0.5, 0.6) is 5.88 Å². The van der Waals surface area contributed by atoms with Crippen molar-refractivity contribution in [3.8, 4) is 17.3 Å². The summed E-state index contributed by atoms with van der Waals surface area (Å²) in [6.07, 6.45) is 1.87. The zero-order valence-electron chi connectivity index (χ0n) is 14.1. The zero-order valence-corrected chi connectivity index (χ0v) is 14.1. The van der Waals surface area contributed by atoms with E-state index in [4.69, 9.17) is 4.74 Å². The fourth-order valence-electron chi connectivity index (χ4n) is 2.91. The standard InChI is InChI=1S/C18H21F2N3O/c1-11(2)24-16-8-12(3)21-18(22-16)13-9-14(19)17(15(20)10-13)23-6-4-5-7-23/h8-11H,4-7H2,1-3H3. The topological polar surface area (TPSA) is 38.2 Å². The van der Waals surface area contributed by atoms with Crippen LogP contribution in [0.25, 0.3) is 11.4 Å². The first-order valence-electron chi connectivity index (χ1n) is 8.21. The number of hydrogen-bond acceptors (Lipinski definition) is 4. The fourth-order valence-corrected chi connectivity index (χ4v) is 2.91. The number of anilines is 1. The summed E-state index contributed by atoms with van der Waals surface area (Å²) in [5.41, 5.74) is 1.04. The predicted molar refractivity (Wildman–Crippen MR) is 89.3 cm³/mol. The van der Waals surface area contributed by atoms with E-state index in [1.807, 2.05) is 13.8 Å². The number of rotatable bonds is 4. The van der Waals surface area contributed by atoms with Gasteiger partial charge in [0.05, 0.1) is 6.10 Å². The number of benzene rings is 1. The van der Waals surface area contributed by atoms with Gasteiger partial charge in [-0.05, 0) is 45.7 Å². The summed E-state index contributed by atoms with van der Waals surface area (Å²) >= 11 is 0. The molecule has 128 valence electrons. The maximum Gasteiger partial charge on any atom is 0.217 e. The number of aromatic nitrogens is 2. The van der Waals surface area contributed by atoms with Gasteiger partial charge in [-0.25, -0.2) is 13.8 Å². The summed E-state index contributed by atoms with van der Waals surface area (Å²) in [5, 5.41) is 0. The van der Waals surface area contributed by atoms with Crippen LogP contribution in [0.2, 0.25) is 0 Å². The van der Waals surface area contributed by atoms with Gasteiger partial charge < -0.3 is 9.64 Å². The van der Waals surface area contributed by atoms with Crippen LogP contribution >= 0.6 is 0 Å². The van der Waals surface area contributed by atoms with Crippen molar-refractivity contribution in [3.63, 3.8) is 0 Å². The molecule has 0 saturated carbocycles. The van der Waals surface area contributed by atoms with E-state index in [-0.39, 0.29) is 17.6 Å². The minimum absolute atomic E-state index is 0.0434. The third-order valence-electron chi connectivity index (χ3n) is 3.88. The van der Waals surface area contributed by atoms with Crippen LogP contribution in [0.3, 0.4) is 0 Å². The molecule has 1 fully saturated rings. The molecule has 0 atom stereocenters. The van der Waals surface area contributed by atoms with E-state index in [9.17, 15) is 8.78 Å². The highest BCUT2D eigenvalue weighted by atomic mass is 19.1. The molecule has 24 heavy (non-hydrogen) atoms. The Balaban J connectivity index is 1.99. The molecule has 6 heteroatoms. The van der Waals surface area contributed by atoms with Crippen LogP contribution in [0.15, 0.2) is 18.2 Å². The SMILES string of the molecule is Cc1cc(OC(C)C)nc(-c2cc(F)c(N3CCCC3)c(F)c2)n1. The Morgan fingerprint density at radius 1 is 1.04 bits per heavy atom. The quantitative estimate of drug-likeness (QED) is 0.844. The average Bonchev–Trinajstić information content (AvgIpc) is 2.99. The molecule has 2 aromatic rings. The third-order valence-corrected chi connectivity index (χ3v) is 3.88. The van der Waals surface area contributed by atoms with Gasteiger partial charge in [-0.1, -0.05) is 0 Å². The second kappa shape index (κ2) is 6.71. The van der Waals surface area contributed by atoms with Crippen molar-refractivity contribution < 1.29 is 13.5 Å². The number of aryl methyl sites for hydroxylation is 1. The molecule has 0 N–H and O–H groups in total. The molecular formula is C18H21F2N3O. The molecule has 1 aromatic carbocycles. The minimum atomic E-state index is -0.580. The Bertz CT molecular complexity index is 720. The second-order valence-electron chi connectivity index (χ2n) is 6.32. The Morgan fingerprint density at radius 3 is 2.25 bits per heavy atom. The molecule has 1 aliphatic heterocycles. The van der Waals surface area contributed by atoms with Crippen molar-refractivity contribution in [2.24, 2.45) is 0 Å². The van der Waals surface area contributed by atoms with E-state index in [1.54, 1.807) is 17.9 Å². The lowest BCUT2D eigenvalue weighted by molar-refractivity contribution is 0.232. The predicted octanol–water partition coefficient (Wildman–Crippen LogP) is 4.12. The van der Waals surface area contributed by atoms with Crippen LogP contribution in [-0.2, 0) is 0 Å². The largest absolute Gasteiger partial charge is 0.475 e. The zero-order chi connectivity index (χ0) is 17.3. The lowest BCUT2D eigenvalue weighted by atomic mass is 10.1. The van der Waals surface area contributed by atoms with Crippen LogP contribution in [0.1, 0.15) is 32.4 Å². The number of ether oxygens (including phenoxy) is 1. The van der Waals surface area contributed by atoms with E-state index in [2.05, 4.69) is 9.97 Å². The first-order valence-corrected chi connectivity index (χ1v) is 8.21. The lowest BCUT2D eigenvalue weighted by Gasteiger charge is -2.19. The second-order valence-corrected chi connectivity index (χ2v) is 6.32. The molecule has 1 aliphatic rings. The van der Waals surface area contributed by atoms with Crippen molar-refractivity contribution in [3.05, 3.63) is 35.5 Å². The van der Waals surface area contributed by atoms with E-state index >= 15 is 0 Å². The number of hydrogen-bond donors (Lipinski definition) is 0. The van der Waals surface area contributed by atoms with Gasteiger partial charge in [0.1, 0.15) is 17.3 Å². The average molecular weight is 333 g/mol. The lowest BCUT2D eigenvalue weighted by Crippen LogP contribution is -2.20. The van der Waals surface area contributed by atoms with Gasteiger partial charge in [0.25, 0.3) is 0 Å². The van der Waals surface area contributed by atoms with Crippen LogP contribution in [0, 0.1) is 18.6 Å². The minimum Gasteiger partial charge on any atom is -0.475 e. The van der Waals surface area contributed by atoms with Crippen LogP contribution in [-0.4, -0.2) is 29.2 Å². The molecule has 0 radical (unpaired) electrons. The van der Waals surface area contributed by atoms with Gasteiger partial charge in [0.15, 0.2) is 5.82 Å². The number of nitrogens with zero attached hydrogens (tertiary/aromatic N) is 3. The van der Waals surface area contributed by atoms with Crippen molar-refractivity contribution in [2.75, 3.05) is 18.0 Å². The van der Waals surface area contributed by atoms with Crippen molar-refractivity contribution >= 4 is 5.69 Å². The highest BCUT2D eigenvalue weighted by Gasteiger charge is 2.22. The summed E-state index contributed by atoms with van der Waals surface area (Å²) in [5.74, 6) is -0.500. The molecule has 1 aromatic heterocycles. The molecule has 3 rings (SSSR count). The highest BCUT2D eigenvalue weighted by molar-refractivity contribution is 5.62. The summed E-state index contributed by atoms with van der Waals surface area (Å²) in [7, 11) is 0. The summed E-state index contributed by atoms with van der Waals surface area (Å²) in [6.45, 7) is 6.94. The number of halogens is 2. The van der Waals surface area contributed by atoms with Gasteiger partial charge in [-0.15, -0.1) is 0 Å². The Labute approximate surface area is 140 Å². The van der Waals surface area contributed by atoms with Crippen molar-refractivity contribution in [1.29, 1.82) is 0 Å². The molecule has 0 amide bonds. The summed E-state index contributed by atoms with van der Waals surface area (Å²) in [6, 6.07) is 4.30. The Kier molecular flexibility index (Phi) is 4.64. The van der Waals surface area contributed by atoms with E-state index in [0.717, 1.165) is 12.8 Å². The molecule has 1 saturated heterocycles. The van der Waals surface area contributed by atoms with Crippen LogP contribution < -0.4 is 9.64 Å². The molecule has 2 heterocycles. The summed E-state index contributed by atoms with van der Waals surface area (Å²) < 4.78 is 34.6. The molecular weight excluding hydrogens is 312 g/mol. The molecule has 0 unspecified atom stereocenters. The maximum atomic E-state index is 14.5. The van der Waals surface area contributed by atoms with Gasteiger partial charge in [-0.3, -0.25) is 0 Å². The first kappa shape index (κ1) is 16.6. The third kappa shape index (κ3) is 3.47. The van der Waals surface area contributed by atoms with E-state index in [1.165, 1.54) is 12.1 Å². The van der Waals surface area contributed by atoms with Gasteiger partial charge in [0, 0.05) is 30.4 Å². The van der Waals surface area contributed by atoms with E-state index < -0.39 is 11.6 Å². The monoisotopic (exact) mass is 333 g/mol. The molecule has 0 aliphatic carbocycles. The molecule has 0 spiro atoms. The van der Waals surface area contributed by atoms with Gasteiger partial charge >= 0.3 is 0 Å². The Hall–Kier alpha value is -2.24.